The predicted molar refractivity (Wildman–Crippen MR) is 328 cm³/mol. The summed E-state index contributed by atoms with van der Waals surface area (Å²) >= 11 is 0. The first kappa shape index (κ1) is 46.5. The van der Waals surface area contributed by atoms with E-state index in [9.17, 15) is 0 Å². The van der Waals surface area contributed by atoms with Crippen molar-refractivity contribution >= 4 is 55.3 Å². The van der Waals surface area contributed by atoms with Crippen LogP contribution in [0.2, 0.25) is 0 Å². The molecule has 0 amide bonds. The highest BCUT2D eigenvalue weighted by Gasteiger charge is 2.23. The maximum atomic E-state index is 5.15. The number of aromatic nitrogens is 5. The van der Waals surface area contributed by atoms with Crippen LogP contribution in [0.4, 0.5) is 0 Å². The Balaban J connectivity index is 0.849. The summed E-state index contributed by atoms with van der Waals surface area (Å²) in [6, 6.07) is 98.0. The average molecular weight is 1030 g/mol. The first-order valence-electron chi connectivity index (χ1n) is 26.9. The fourth-order valence-corrected chi connectivity index (χ4v) is 11.5. The van der Waals surface area contributed by atoms with Crippen LogP contribution >= 0.6 is 0 Å². The number of nitrogens with zero attached hydrogens (tertiary/aromatic N) is 7. The molecular weight excluding hydrogens is 977 g/mol. The van der Waals surface area contributed by atoms with Crippen LogP contribution in [-0.2, 0) is 0 Å². The molecule has 0 fully saturated rings. The van der Waals surface area contributed by atoms with Crippen LogP contribution in [0.5, 0.6) is 0 Å². The lowest BCUT2D eigenvalue weighted by Crippen LogP contribution is -2.33. The highest BCUT2D eigenvalue weighted by atomic mass is 15.2. The van der Waals surface area contributed by atoms with E-state index >= 15 is 0 Å². The second-order valence-corrected chi connectivity index (χ2v) is 20.1. The lowest BCUT2D eigenvalue weighted by Gasteiger charge is -2.24. The fourth-order valence-electron chi connectivity index (χ4n) is 11.5. The van der Waals surface area contributed by atoms with Crippen molar-refractivity contribution in [1.29, 1.82) is 0 Å². The predicted octanol–water partition coefficient (Wildman–Crippen LogP) is 16.9. The monoisotopic (exact) mass is 1020 g/mol. The minimum atomic E-state index is -0.294. The summed E-state index contributed by atoms with van der Waals surface area (Å²) in [5.41, 5.74) is 16.9. The lowest BCUT2D eigenvalue weighted by molar-refractivity contribution is 0.674. The molecule has 1 N–H and O–H groups in total. The average Bonchev–Trinajstić information content (AvgIpc) is 4.30. The third kappa shape index (κ3) is 8.31. The van der Waals surface area contributed by atoms with Crippen molar-refractivity contribution in [3.8, 4) is 67.8 Å². The molecule has 80 heavy (non-hydrogen) atoms. The molecule has 0 aliphatic carbocycles. The second kappa shape index (κ2) is 19.6. The Morgan fingerprint density at radius 3 is 1.50 bits per heavy atom. The number of rotatable bonds is 10. The minimum Gasteiger partial charge on any atom is -0.344 e. The van der Waals surface area contributed by atoms with Gasteiger partial charge in [-0.15, -0.1) is 0 Å². The number of hydrogen-bond acceptors (Lipinski definition) is 6. The molecule has 1 aliphatic heterocycles. The molecule has 0 spiro atoms. The van der Waals surface area contributed by atoms with Crippen molar-refractivity contribution < 1.29 is 0 Å². The molecule has 1 aliphatic rings. The summed E-state index contributed by atoms with van der Waals surface area (Å²) in [5.74, 6) is 3.35. The van der Waals surface area contributed by atoms with Crippen molar-refractivity contribution in [3.63, 3.8) is 0 Å². The highest BCUT2D eigenvalue weighted by molar-refractivity contribution is 6.18. The summed E-state index contributed by atoms with van der Waals surface area (Å²) < 4.78 is 4.77. The van der Waals surface area contributed by atoms with Crippen molar-refractivity contribution in [2.45, 2.75) is 6.17 Å². The number of hydrogen-bond donors (Lipinski definition) is 1. The third-order valence-corrected chi connectivity index (χ3v) is 15.2. The van der Waals surface area contributed by atoms with Crippen LogP contribution in [0.3, 0.4) is 0 Å². The smallest absolute Gasteiger partial charge is 0.164 e. The molecule has 1 unspecified atom stereocenters. The Morgan fingerprint density at radius 2 is 0.800 bits per heavy atom. The third-order valence-electron chi connectivity index (χ3n) is 15.2. The van der Waals surface area contributed by atoms with Gasteiger partial charge in [0.15, 0.2) is 23.3 Å². The van der Waals surface area contributed by atoms with Gasteiger partial charge < -0.3 is 14.5 Å². The SMILES string of the molecule is c1ccc(C2=NC(c3ccccc3)NC(c3cccc(-n4c5ccccc5c5cc(-c6ccc7c(c6)c6c(-c8cccc(-c9nc(-c%10ccccc%10)nc(-c%10ccccc%10)n9)c8)cccc6n7-c6ccccc6)ccc54)c3)=N2)cc1. The number of nitrogens with one attached hydrogen (secondary N) is 1. The Hall–Kier alpha value is -10.8. The molecule has 8 heteroatoms. The summed E-state index contributed by atoms with van der Waals surface area (Å²) in [6.45, 7) is 0. The van der Waals surface area contributed by atoms with E-state index in [1.165, 1.54) is 16.2 Å². The zero-order chi connectivity index (χ0) is 52.9. The van der Waals surface area contributed by atoms with Crippen molar-refractivity contribution in [1.82, 2.24) is 29.4 Å². The van der Waals surface area contributed by atoms with E-state index in [2.05, 4.69) is 209 Å². The Kier molecular flexibility index (Phi) is 11.4. The van der Waals surface area contributed by atoms with Gasteiger partial charge in [-0.3, -0.25) is 0 Å². The first-order valence-corrected chi connectivity index (χ1v) is 26.9. The number of amidine groups is 2. The summed E-state index contributed by atoms with van der Waals surface area (Å²) in [5, 5.41) is 8.36. The zero-order valence-corrected chi connectivity index (χ0v) is 43.3. The van der Waals surface area contributed by atoms with Gasteiger partial charge in [-0.1, -0.05) is 212 Å². The molecule has 14 aromatic rings. The standard InChI is InChI=1S/C72H48N8/c1-6-21-47(22-7-1)67-73-68(48-23-8-2-9-24-48)76-71(75-67)54-30-18-29-53(43-54)58-36-20-38-65-66(58)61-46-52(40-42-64(61)79(65)56-32-14-5-15-33-56)51-39-41-63-60(45-51)59-35-16-17-37-62(59)80(63)57-34-19-31-55(44-57)72-77-69(49-25-10-3-11-26-49)74-70(78-72)50-27-12-4-13-28-50/h1-46,69H,(H,74,77,78). The molecule has 0 saturated carbocycles. The molecule has 8 nitrogen and oxygen atoms in total. The Labute approximate surface area is 462 Å². The molecule has 1 atom stereocenters. The molecule has 3 aromatic heterocycles. The largest absolute Gasteiger partial charge is 0.344 e. The molecule has 376 valence electrons. The van der Waals surface area contributed by atoms with Crippen molar-refractivity contribution in [2.75, 3.05) is 0 Å². The van der Waals surface area contributed by atoms with Crippen LogP contribution in [0, 0.1) is 0 Å². The van der Waals surface area contributed by atoms with E-state index in [-0.39, 0.29) is 6.17 Å². The number of aliphatic imine (C=N–C) groups is 2. The molecule has 11 aromatic carbocycles. The van der Waals surface area contributed by atoms with Crippen molar-refractivity contribution in [3.05, 3.63) is 296 Å². The van der Waals surface area contributed by atoms with Crippen LogP contribution in [-0.4, -0.2) is 35.8 Å². The van der Waals surface area contributed by atoms with E-state index in [1.54, 1.807) is 0 Å². The van der Waals surface area contributed by atoms with Crippen LogP contribution in [0.1, 0.15) is 22.9 Å². The van der Waals surface area contributed by atoms with Crippen LogP contribution in [0.25, 0.3) is 111 Å². The normalized spacial score (nSPS) is 13.4. The fraction of sp³-hybridized carbons (Fsp3) is 0.0139. The van der Waals surface area contributed by atoms with Gasteiger partial charge in [0.25, 0.3) is 0 Å². The lowest BCUT2D eigenvalue weighted by atomic mass is 9.96. The van der Waals surface area contributed by atoms with Crippen LogP contribution in [0.15, 0.2) is 289 Å². The molecule has 15 rings (SSSR count). The molecule has 4 heterocycles. The van der Waals surface area contributed by atoms with Gasteiger partial charge in [-0.25, -0.2) is 24.9 Å². The van der Waals surface area contributed by atoms with E-state index in [0.29, 0.717) is 23.3 Å². The summed E-state index contributed by atoms with van der Waals surface area (Å²) in [7, 11) is 0. The van der Waals surface area contributed by atoms with Gasteiger partial charge in [0.2, 0.25) is 0 Å². The van der Waals surface area contributed by atoms with E-state index in [4.69, 9.17) is 24.9 Å². The molecule has 0 radical (unpaired) electrons. The Morgan fingerprint density at radius 1 is 0.312 bits per heavy atom. The molecule has 0 saturated heterocycles. The van der Waals surface area contributed by atoms with E-state index in [1.807, 2.05) is 84.9 Å². The number of fused-ring (bicyclic) bond motifs is 6. The maximum Gasteiger partial charge on any atom is 0.164 e. The van der Waals surface area contributed by atoms with E-state index in [0.717, 1.165) is 100 Å². The Bertz CT molecular complexity index is 4660. The highest BCUT2D eigenvalue weighted by Crippen LogP contribution is 2.42. The number of benzene rings is 11. The van der Waals surface area contributed by atoms with Gasteiger partial charge in [0.1, 0.15) is 12.0 Å². The number of para-hydroxylation sites is 2. The van der Waals surface area contributed by atoms with Gasteiger partial charge in [-0.05, 0) is 94.5 Å². The van der Waals surface area contributed by atoms with Gasteiger partial charge in [0.05, 0.1) is 22.1 Å². The topological polar surface area (TPSA) is 85.3 Å². The maximum absolute atomic E-state index is 5.15. The van der Waals surface area contributed by atoms with E-state index < -0.39 is 0 Å². The van der Waals surface area contributed by atoms with Gasteiger partial charge in [0, 0.05) is 60.7 Å². The van der Waals surface area contributed by atoms with Gasteiger partial charge in [-0.2, -0.15) is 0 Å². The summed E-state index contributed by atoms with van der Waals surface area (Å²) in [6.07, 6.45) is -0.294. The second-order valence-electron chi connectivity index (χ2n) is 20.1. The minimum absolute atomic E-state index is 0.294. The van der Waals surface area contributed by atoms with Crippen molar-refractivity contribution in [2.24, 2.45) is 9.98 Å². The first-order chi connectivity index (χ1) is 39.6. The van der Waals surface area contributed by atoms with Crippen LogP contribution < -0.4 is 5.32 Å². The molecular formula is C72H48N8. The summed E-state index contributed by atoms with van der Waals surface area (Å²) in [4.78, 5) is 25.4. The van der Waals surface area contributed by atoms with Gasteiger partial charge >= 0.3 is 0 Å². The quantitative estimate of drug-likeness (QED) is 0.148. The molecule has 0 bridgehead atoms. The zero-order valence-electron chi connectivity index (χ0n) is 43.3.